The predicted octanol–water partition coefficient (Wildman–Crippen LogP) is 5.99. The molecule has 3 rings (SSSR count). The maximum Gasteiger partial charge on any atom is 0.335 e. The van der Waals surface area contributed by atoms with Crippen molar-refractivity contribution in [3.63, 3.8) is 0 Å². The molecular formula is C31H42N4O5S. The Morgan fingerprint density at radius 1 is 1.10 bits per heavy atom. The molecule has 1 atom stereocenters. The number of carbonyl (C=O) groups is 1. The summed E-state index contributed by atoms with van der Waals surface area (Å²) in [5, 5.41) is 9.33. The standard InChI is InChI=1S/C31H42N4O5S/c1-19(2)14-15-22-11-8-10-20(3)26(22)27-21(4)28(40-18-24(32)17-31(5,6)7)34-30(33-27)35-41(38,39)25-13-9-12-23(16-25)29(36)37/h8-13,16,19,24H,14-15,17-18,32H2,1-7H3,(H,36,37)(H,33,34,35)/t24-/m1/s1. The fourth-order valence-corrected chi connectivity index (χ4v) is 5.64. The molecule has 1 aromatic heterocycles. The molecule has 0 fully saturated rings. The van der Waals surface area contributed by atoms with E-state index in [1.165, 1.54) is 18.2 Å². The van der Waals surface area contributed by atoms with Gasteiger partial charge in [0, 0.05) is 17.2 Å². The van der Waals surface area contributed by atoms with Crippen molar-refractivity contribution >= 4 is 21.9 Å². The van der Waals surface area contributed by atoms with E-state index in [-0.39, 0.29) is 40.4 Å². The zero-order chi connectivity index (χ0) is 30.5. The van der Waals surface area contributed by atoms with Gasteiger partial charge < -0.3 is 15.6 Å². The first-order valence-corrected chi connectivity index (χ1v) is 15.3. The third kappa shape index (κ3) is 8.74. The number of ether oxygens (including phenoxy) is 1. The molecule has 1 heterocycles. The van der Waals surface area contributed by atoms with Crippen LogP contribution in [0.5, 0.6) is 5.88 Å². The number of aromatic carboxylic acids is 1. The van der Waals surface area contributed by atoms with Crippen molar-refractivity contribution in [2.24, 2.45) is 17.1 Å². The number of hydrogen-bond acceptors (Lipinski definition) is 7. The normalized spacial score (nSPS) is 12.8. The Bertz CT molecular complexity index is 1500. The number of rotatable bonds is 12. The van der Waals surface area contributed by atoms with Crippen molar-refractivity contribution in [3.05, 3.63) is 64.7 Å². The molecule has 0 spiro atoms. The molecule has 0 aliphatic rings. The summed E-state index contributed by atoms with van der Waals surface area (Å²) in [6.45, 7) is 14.7. The van der Waals surface area contributed by atoms with Crippen LogP contribution >= 0.6 is 0 Å². The fourth-order valence-electron chi connectivity index (χ4n) is 4.65. The molecular weight excluding hydrogens is 540 g/mol. The predicted molar refractivity (Wildman–Crippen MR) is 162 cm³/mol. The van der Waals surface area contributed by atoms with Crippen molar-refractivity contribution in [1.82, 2.24) is 9.97 Å². The van der Waals surface area contributed by atoms with Crippen LogP contribution in [-0.4, -0.2) is 42.1 Å². The number of nitrogens with zero attached hydrogens (tertiary/aromatic N) is 2. The highest BCUT2D eigenvalue weighted by molar-refractivity contribution is 7.92. The molecule has 0 radical (unpaired) electrons. The number of carboxylic acids is 1. The third-order valence-corrected chi connectivity index (χ3v) is 7.94. The second-order valence-corrected chi connectivity index (χ2v) is 13.8. The molecule has 10 heteroatoms. The Kier molecular flexibility index (Phi) is 10.1. The highest BCUT2D eigenvalue weighted by Crippen LogP contribution is 2.35. The first-order valence-electron chi connectivity index (χ1n) is 13.8. The second kappa shape index (κ2) is 13.0. The highest BCUT2D eigenvalue weighted by atomic mass is 32.2. The highest BCUT2D eigenvalue weighted by Gasteiger charge is 2.24. The van der Waals surface area contributed by atoms with E-state index in [0.29, 0.717) is 17.2 Å². The molecule has 0 amide bonds. The third-order valence-electron chi connectivity index (χ3n) is 6.61. The van der Waals surface area contributed by atoms with Gasteiger partial charge >= 0.3 is 5.97 Å². The minimum atomic E-state index is -4.21. The quantitative estimate of drug-likeness (QED) is 0.236. The van der Waals surface area contributed by atoms with Crippen LogP contribution in [0, 0.1) is 25.2 Å². The van der Waals surface area contributed by atoms with Crippen molar-refractivity contribution in [3.8, 4) is 17.1 Å². The summed E-state index contributed by atoms with van der Waals surface area (Å²) in [4.78, 5) is 20.3. The van der Waals surface area contributed by atoms with Gasteiger partial charge in [-0.3, -0.25) is 0 Å². The Balaban J connectivity index is 2.12. The lowest BCUT2D eigenvalue weighted by atomic mass is 9.89. The smallest absolute Gasteiger partial charge is 0.335 e. The summed E-state index contributed by atoms with van der Waals surface area (Å²) >= 11 is 0. The summed E-state index contributed by atoms with van der Waals surface area (Å²) < 4.78 is 35.2. The molecule has 3 aromatic rings. The molecule has 0 aliphatic carbocycles. The minimum absolute atomic E-state index is 0.00635. The van der Waals surface area contributed by atoms with Crippen molar-refractivity contribution < 1.29 is 23.1 Å². The van der Waals surface area contributed by atoms with Gasteiger partial charge in [-0.05, 0) is 73.8 Å². The first kappa shape index (κ1) is 32.0. The number of nitrogens with two attached hydrogens (primary N) is 1. The van der Waals surface area contributed by atoms with Crippen molar-refractivity contribution in [2.45, 2.75) is 78.7 Å². The van der Waals surface area contributed by atoms with Gasteiger partial charge in [0.2, 0.25) is 11.8 Å². The van der Waals surface area contributed by atoms with Crippen LogP contribution in [0.2, 0.25) is 0 Å². The van der Waals surface area contributed by atoms with Gasteiger partial charge in [0.15, 0.2) is 0 Å². The Morgan fingerprint density at radius 3 is 2.41 bits per heavy atom. The lowest BCUT2D eigenvalue weighted by Crippen LogP contribution is -2.32. The van der Waals surface area contributed by atoms with E-state index >= 15 is 0 Å². The van der Waals surface area contributed by atoms with Gasteiger partial charge in [0.1, 0.15) is 6.61 Å². The van der Waals surface area contributed by atoms with Crippen LogP contribution in [0.3, 0.4) is 0 Å². The molecule has 0 aliphatic heterocycles. The Labute approximate surface area is 243 Å². The first-order chi connectivity index (χ1) is 19.1. The van der Waals surface area contributed by atoms with Gasteiger partial charge in [0.25, 0.3) is 10.0 Å². The van der Waals surface area contributed by atoms with Gasteiger partial charge in [-0.2, -0.15) is 4.98 Å². The van der Waals surface area contributed by atoms with E-state index in [4.69, 9.17) is 10.5 Å². The van der Waals surface area contributed by atoms with Crippen LogP contribution in [-0.2, 0) is 16.4 Å². The van der Waals surface area contributed by atoms with Crippen LogP contribution in [0.1, 0.15) is 74.5 Å². The SMILES string of the molecule is Cc1cccc(CCC(C)C)c1-c1nc(NS(=O)(=O)c2cccc(C(=O)O)c2)nc(OC[C@H](N)CC(C)(C)C)c1C. The zero-order valence-corrected chi connectivity index (χ0v) is 25.8. The molecule has 0 saturated carbocycles. The van der Waals surface area contributed by atoms with Gasteiger partial charge in [-0.25, -0.2) is 22.9 Å². The Morgan fingerprint density at radius 2 is 1.78 bits per heavy atom. The zero-order valence-electron chi connectivity index (χ0n) is 25.0. The molecule has 9 nitrogen and oxygen atoms in total. The topological polar surface area (TPSA) is 144 Å². The van der Waals surface area contributed by atoms with E-state index < -0.39 is 16.0 Å². The fraction of sp³-hybridized carbons (Fsp3) is 0.452. The Hall–Kier alpha value is -3.50. The molecule has 0 unspecified atom stereocenters. The van der Waals surface area contributed by atoms with Gasteiger partial charge in [-0.1, -0.05) is 58.9 Å². The molecule has 0 bridgehead atoms. The number of benzene rings is 2. The molecule has 2 aromatic carbocycles. The summed E-state index contributed by atoms with van der Waals surface area (Å²) in [6.07, 6.45) is 2.53. The van der Waals surface area contributed by atoms with Crippen LogP contribution < -0.4 is 15.2 Å². The maximum absolute atomic E-state index is 13.3. The largest absolute Gasteiger partial charge is 0.478 e. The van der Waals surface area contributed by atoms with E-state index in [0.717, 1.165) is 42.0 Å². The number of hydrogen-bond donors (Lipinski definition) is 3. The van der Waals surface area contributed by atoms with Crippen molar-refractivity contribution in [1.29, 1.82) is 0 Å². The van der Waals surface area contributed by atoms with Crippen LogP contribution in [0.4, 0.5) is 5.95 Å². The van der Waals surface area contributed by atoms with E-state index in [1.807, 2.05) is 26.0 Å². The number of aromatic nitrogens is 2. The van der Waals surface area contributed by atoms with E-state index in [1.54, 1.807) is 0 Å². The van der Waals surface area contributed by atoms with Gasteiger partial charge in [-0.15, -0.1) is 0 Å². The molecule has 0 saturated heterocycles. The maximum atomic E-state index is 13.3. The molecule has 41 heavy (non-hydrogen) atoms. The number of sulfonamides is 1. The minimum Gasteiger partial charge on any atom is -0.478 e. The average molecular weight is 583 g/mol. The lowest BCUT2D eigenvalue weighted by molar-refractivity contribution is 0.0696. The summed E-state index contributed by atoms with van der Waals surface area (Å²) in [5.41, 5.74) is 10.4. The summed E-state index contributed by atoms with van der Waals surface area (Å²) in [7, 11) is -4.21. The van der Waals surface area contributed by atoms with E-state index in [2.05, 4.69) is 55.4 Å². The number of carboxylic acid groups (broad SMARTS) is 1. The number of aryl methyl sites for hydroxylation is 2. The average Bonchev–Trinajstić information content (AvgIpc) is 2.86. The molecule has 222 valence electrons. The lowest BCUT2D eigenvalue weighted by Gasteiger charge is -2.24. The summed E-state index contributed by atoms with van der Waals surface area (Å²) in [5.74, 6) is -0.674. The number of nitrogens with one attached hydrogen (secondary N) is 1. The van der Waals surface area contributed by atoms with Gasteiger partial charge in [0.05, 0.1) is 16.2 Å². The summed E-state index contributed by atoms with van der Waals surface area (Å²) in [6, 6.07) is 10.9. The van der Waals surface area contributed by atoms with Crippen molar-refractivity contribution in [2.75, 3.05) is 11.3 Å². The van der Waals surface area contributed by atoms with Crippen LogP contribution in [0.15, 0.2) is 47.4 Å². The van der Waals surface area contributed by atoms with Crippen LogP contribution in [0.25, 0.3) is 11.3 Å². The monoisotopic (exact) mass is 582 g/mol. The number of anilines is 1. The molecule has 4 N–H and O–H groups in total. The second-order valence-electron chi connectivity index (χ2n) is 12.1. The van der Waals surface area contributed by atoms with E-state index in [9.17, 15) is 18.3 Å².